The second kappa shape index (κ2) is 8.34. The van der Waals surface area contributed by atoms with E-state index in [0.29, 0.717) is 34.9 Å². The highest BCUT2D eigenvalue weighted by Gasteiger charge is 2.16. The molecule has 2 aromatic heterocycles. The minimum absolute atomic E-state index is 0.00123. The standard InChI is InChI=1S/C25H26N4O3/c1-25(2,3)14-27-23(31)16-7-9-19-20(13-16)29-22(28-19)18-12-15(8-10-21(18)30)17-6-5-11-26-24(17)32-4/h5-13,30H,14H2,1-4H3,(H,27,31)(H,28,29). The maximum atomic E-state index is 12.5. The van der Waals surface area contributed by atoms with Crippen LogP contribution in [-0.4, -0.2) is 39.6 Å². The predicted molar refractivity (Wildman–Crippen MR) is 125 cm³/mol. The highest BCUT2D eigenvalue weighted by Crippen LogP contribution is 2.35. The average Bonchev–Trinajstić information content (AvgIpc) is 3.20. The lowest BCUT2D eigenvalue weighted by Gasteiger charge is -2.18. The highest BCUT2D eigenvalue weighted by atomic mass is 16.5. The number of aromatic nitrogens is 3. The fraction of sp³-hybridized carbons (Fsp3) is 0.240. The van der Waals surface area contributed by atoms with Crippen molar-refractivity contribution in [1.29, 1.82) is 0 Å². The van der Waals surface area contributed by atoms with Gasteiger partial charge < -0.3 is 20.1 Å². The molecule has 7 heteroatoms. The topological polar surface area (TPSA) is 100 Å². The summed E-state index contributed by atoms with van der Waals surface area (Å²) >= 11 is 0. The monoisotopic (exact) mass is 430 g/mol. The molecule has 164 valence electrons. The first-order valence-corrected chi connectivity index (χ1v) is 10.4. The van der Waals surface area contributed by atoms with Gasteiger partial charge in [-0.05, 0) is 53.4 Å². The molecule has 0 spiro atoms. The van der Waals surface area contributed by atoms with Crippen molar-refractivity contribution in [2.75, 3.05) is 13.7 Å². The molecule has 1 amide bonds. The number of carbonyl (C=O) groups excluding carboxylic acids is 1. The lowest BCUT2D eigenvalue weighted by Crippen LogP contribution is -2.32. The Balaban J connectivity index is 1.69. The van der Waals surface area contributed by atoms with Gasteiger partial charge in [0.15, 0.2) is 0 Å². The van der Waals surface area contributed by atoms with Crippen molar-refractivity contribution >= 4 is 16.9 Å². The van der Waals surface area contributed by atoms with Crippen LogP contribution in [0.3, 0.4) is 0 Å². The van der Waals surface area contributed by atoms with E-state index in [4.69, 9.17) is 4.74 Å². The maximum absolute atomic E-state index is 12.5. The fourth-order valence-electron chi connectivity index (χ4n) is 3.39. The number of hydrogen-bond acceptors (Lipinski definition) is 5. The number of phenols is 1. The number of fused-ring (bicyclic) bond motifs is 1. The summed E-state index contributed by atoms with van der Waals surface area (Å²) in [7, 11) is 1.57. The van der Waals surface area contributed by atoms with Crippen molar-refractivity contribution in [1.82, 2.24) is 20.3 Å². The third kappa shape index (κ3) is 4.42. The lowest BCUT2D eigenvalue weighted by molar-refractivity contribution is 0.0939. The third-order valence-corrected chi connectivity index (χ3v) is 5.05. The third-order valence-electron chi connectivity index (χ3n) is 5.05. The predicted octanol–water partition coefficient (Wildman–Crippen LogP) is 4.78. The van der Waals surface area contributed by atoms with E-state index in [1.54, 1.807) is 37.6 Å². The van der Waals surface area contributed by atoms with Crippen molar-refractivity contribution < 1.29 is 14.6 Å². The summed E-state index contributed by atoms with van der Waals surface area (Å²) in [5.74, 6) is 0.966. The van der Waals surface area contributed by atoms with Gasteiger partial charge in [0.1, 0.15) is 11.6 Å². The number of phenolic OH excluding ortho intramolecular Hbond substituents is 1. The Morgan fingerprint density at radius 3 is 2.69 bits per heavy atom. The summed E-state index contributed by atoms with van der Waals surface area (Å²) in [6.45, 7) is 6.78. The van der Waals surface area contributed by atoms with E-state index in [1.165, 1.54) is 0 Å². The van der Waals surface area contributed by atoms with Crippen molar-refractivity contribution in [2.24, 2.45) is 5.41 Å². The van der Waals surface area contributed by atoms with E-state index in [1.807, 2.05) is 24.3 Å². The minimum atomic E-state index is -0.139. The van der Waals surface area contributed by atoms with Crippen LogP contribution >= 0.6 is 0 Å². The number of rotatable bonds is 5. The molecule has 0 unspecified atom stereocenters. The van der Waals surface area contributed by atoms with Gasteiger partial charge in [0.25, 0.3) is 5.91 Å². The molecule has 0 saturated heterocycles. The molecule has 7 nitrogen and oxygen atoms in total. The van der Waals surface area contributed by atoms with Gasteiger partial charge in [-0.3, -0.25) is 4.79 Å². The van der Waals surface area contributed by atoms with Crippen LogP contribution in [0.2, 0.25) is 0 Å². The first-order chi connectivity index (χ1) is 15.2. The Hall–Kier alpha value is -3.87. The Morgan fingerprint density at radius 2 is 1.94 bits per heavy atom. The minimum Gasteiger partial charge on any atom is -0.507 e. The molecular weight excluding hydrogens is 404 g/mol. The van der Waals surface area contributed by atoms with Crippen molar-refractivity contribution in [2.45, 2.75) is 20.8 Å². The number of aromatic hydroxyl groups is 1. The summed E-state index contributed by atoms with van der Waals surface area (Å²) in [5, 5.41) is 13.5. The summed E-state index contributed by atoms with van der Waals surface area (Å²) < 4.78 is 5.37. The molecule has 0 radical (unpaired) electrons. The van der Waals surface area contributed by atoms with Crippen LogP contribution in [0.15, 0.2) is 54.7 Å². The van der Waals surface area contributed by atoms with Crippen molar-refractivity contribution in [3.63, 3.8) is 0 Å². The van der Waals surface area contributed by atoms with Crippen LogP contribution in [0.5, 0.6) is 11.6 Å². The van der Waals surface area contributed by atoms with E-state index < -0.39 is 0 Å². The van der Waals surface area contributed by atoms with Crippen LogP contribution in [-0.2, 0) is 0 Å². The molecule has 4 rings (SSSR count). The first-order valence-electron chi connectivity index (χ1n) is 10.4. The number of nitrogens with one attached hydrogen (secondary N) is 2. The molecule has 0 saturated carbocycles. The molecule has 0 aliphatic carbocycles. The molecule has 2 heterocycles. The van der Waals surface area contributed by atoms with Gasteiger partial charge in [0.2, 0.25) is 5.88 Å². The molecule has 0 aliphatic heterocycles. The number of hydrogen-bond donors (Lipinski definition) is 3. The number of amides is 1. The zero-order chi connectivity index (χ0) is 22.9. The quantitative estimate of drug-likeness (QED) is 0.423. The van der Waals surface area contributed by atoms with Gasteiger partial charge in [0.05, 0.1) is 23.7 Å². The molecule has 32 heavy (non-hydrogen) atoms. The molecule has 0 atom stereocenters. The van der Waals surface area contributed by atoms with E-state index in [-0.39, 0.29) is 17.1 Å². The average molecular weight is 431 g/mol. The maximum Gasteiger partial charge on any atom is 0.251 e. The van der Waals surface area contributed by atoms with E-state index in [9.17, 15) is 9.90 Å². The second-order valence-corrected chi connectivity index (χ2v) is 8.85. The number of H-pyrrole nitrogens is 1. The second-order valence-electron chi connectivity index (χ2n) is 8.85. The normalized spacial score (nSPS) is 11.5. The number of methoxy groups -OCH3 is 1. The van der Waals surface area contributed by atoms with Gasteiger partial charge in [0, 0.05) is 23.9 Å². The van der Waals surface area contributed by atoms with Crippen molar-refractivity contribution in [3.8, 4) is 34.1 Å². The summed E-state index contributed by atoms with van der Waals surface area (Å²) in [6.07, 6.45) is 1.66. The van der Waals surface area contributed by atoms with E-state index in [0.717, 1.165) is 16.6 Å². The van der Waals surface area contributed by atoms with Gasteiger partial charge in [-0.15, -0.1) is 0 Å². The Morgan fingerprint density at radius 1 is 1.12 bits per heavy atom. The SMILES string of the molecule is COc1ncccc1-c1ccc(O)c(-c2nc3cc(C(=O)NCC(C)(C)C)ccc3[nH]2)c1. The molecule has 2 aromatic carbocycles. The van der Waals surface area contributed by atoms with Crippen molar-refractivity contribution in [3.05, 3.63) is 60.3 Å². The molecule has 0 bridgehead atoms. The van der Waals surface area contributed by atoms with Gasteiger partial charge in [-0.25, -0.2) is 9.97 Å². The van der Waals surface area contributed by atoms with Gasteiger partial charge in [-0.2, -0.15) is 0 Å². The number of aromatic amines is 1. The molecule has 3 N–H and O–H groups in total. The Kier molecular flexibility index (Phi) is 5.57. The summed E-state index contributed by atoms with van der Waals surface area (Å²) in [6, 6.07) is 14.3. The molecular formula is C25H26N4O3. The lowest BCUT2D eigenvalue weighted by atomic mass is 9.97. The van der Waals surface area contributed by atoms with E-state index >= 15 is 0 Å². The number of ether oxygens (including phenoxy) is 1. The zero-order valence-corrected chi connectivity index (χ0v) is 18.6. The number of carbonyl (C=O) groups is 1. The zero-order valence-electron chi connectivity index (χ0n) is 18.6. The number of nitrogens with zero attached hydrogens (tertiary/aromatic N) is 2. The van der Waals surface area contributed by atoms with Crippen LogP contribution in [0.4, 0.5) is 0 Å². The van der Waals surface area contributed by atoms with Gasteiger partial charge >= 0.3 is 0 Å². The largest absolute Gasteiger partial charge is 0.507 e. The van der Waals surface area contributed by atoms with Crippen LogP contribution < -0.4 is 10.1 Å². The molecule has 0 aliphatic rings. The first kappa shape index (κ1) is 21.4. The number of pyridine rings is 1. The Labute approximate surface area is 186 Å². The van der Waals surface area contributed by atoms with E-state index in [2.05, 4.69) is 41.0 Å². The van der Waals surface area contributed by atoms with Crippen LogP contribution in [0.25, 0.3) is 33.5 Å². The highest BCUT2D eigenvalue weighted by molar-refractivity contribution is 5.97. The summed E-state index contributed by atoms with van der Waals surface area (Å²) in [4.78, 5) is 24.6. The van der Waals surface area contributed by atoms with Crippen LogP contribution in [0.1, 0.15) is 31.1 Å². The fourth-order valence-corrected chi connectivity index (χ4v) is 3.39. The molecule has 0 fully saturated rings. The smallest absolute Gasteiger partial charge is 0.251 e. The molecule has 4 aromatic rings. The van der Waals surface area contributed by atoms with Gasteiger partial charge in [-0.1, -0.05) is 26.8 Å². The van der Waals surface area contributed by atoms with Crippen LogP contribution in [0, 0.1) is 5.41 Å². The number of benzene rings is 2. The summed E-state index contributed by atoms with van der Waals surface area (Å²) in [5.41, 5.74) is 4.15. The number of imidazole rings is 1. The Bertz CT molecular complexity index is 1290.